The predicted molar refractivity (Wildman–Crippen MR) is 97.9 cm³/mol. The number of amides is 1. The van der Waals surface area contributed by atoms with Crippen molar-refractivity contribution in [3.8, 4) is 5.75 Å². The molecule has 1 heterocycles. The Morgan fingerprint density at radius 3 is 2.56 bits per heavy atom. The molecule has 25 heavy (non-hydrogen) atoms. The summed E-state index contributed by atoms with van der Waals surface area (Å²) in [6.45, 7) is 1.60. The summed E-state index contributed by atoms with van der Waals surface area (Å²) in [6.07, 6.45) is 0. The third-order valence-electron chi connectivity index (χ3n) is 3.88. The summed E-state index contributed by atoms with van der Waals surface area (Å²) in [5.74, 6) is 0.854. The van der Waals surface area contributed by atoms with Crippen LogP contribution in [-0.4, -0.2) is 38.0 Å². The van der Waals surface area contributed by atoms with Gasteiger partial charge in [0.2, 0.25) is 0 Å². The number of furan rings is 1. The number of fused-ring (bicyclic) bond motifs is 1. The lowest BCUT2D eigenvalue weighted by atomic mass is 10.1. The Labute approximate surface area is 147 Å². The Morgan fingerprint density at radius 2 is 1.80 bits per heavy atom. The summed E-state index contributed by atoms with van der Waals surface area (Å²) < 4.78 is 11.6. The van der Waals surface area contributed by atoms with Gasteiger partial charge in [0.25, 0.3) is 5.91 Å². The lowest BCUT2D eigenvalue weighted by molar-refractivity contribution is 0.0922. The third kappa shape index (κ3) is 4.19. The van der Waals surface area contributed by atoms with Crippen molar-refractivity contribution in [2.75, 3.05) is 27.2 Å². The maximum Gasteiger partial charge on any atom is 0.287 e. The van der Waals surface area contributed by atoms with Crippen LogP contribution in [0.1, 0.15) is 16.1 Å². The third-order valence-corrected chi connectivity index (χ3v) is 3.88. The van der Waals surface area contributed by atoms with Gasteiger partial charge < -0.3 is 19.4 Å². The highest BCUT2D eigenvalue weighted by atomic mass is 16.5. The van der Waals surface area contributed by atoms with Gasteiger partial charge >= 0.3 is 0 Å². The average molecular weight is 338 g/mol. The molecular formula is C20H22N2O3. The summed E-state index contributed by atoms with van der Waals surface area (Å²) in [7, 11) is 3.93. The molecule has 0 atom stereocenters. The van der Waals surface area contributed by atoms with Crippen LogP contribution >= 0.6 is 0 Å². The molecule has 0 fully saturated rings. The molecule has 1 amide bonds. The molecule has 1 aromatic heterocycles. The van der Waals surface area contributed by atoms with E-state index in [1.54, 1.807) is 0 Å². The zero-order chi connectivity index (χ0) is 17.6. The number of carbonyl (C=O) groups is 1. The number of nitrogens with zero attached hydrogens (tertiary/aromatic N) is 1. The van der Waals surface area contributed by atoms with E-state index >= 15 is 0 Å². The molecule has 3 rings (SSSR count). The highest BCUT2D eigenvalue weighted by Gasteiger charge is 2.20. The first-order valence-electron chi connectivity index (χ1n) is 8.26. The van der Waals surface area contributed by atoms with E-state index in [1.807, 2.05) is 73.6 Å². The van der Waals surface area contributed by atoms with E-state index in [0.717, 1.165) is 23.2 Å². The van der Waals surface area contributed by atoms with Crippen molar-refractivity contribution >= 4 is 16.9 Å². The zero-order valence-electron chi connectivity index (χ0n) is 14.5. The van der Waals surface area contributed by atoms with Crippen LogP contribution in [0.3, 0.4) is 0 Å². The van der Waals surface area contributed by atoms with E-state index in [4.69, 9.17) is 9.15 Å². The van der Waals surface area contributed by atoms with E-state index < -0.39 is 0 Å². The maximum absolute atomic E-state index is 12.5. The fourth-order valence-electron chi connectivity index (χ4n) is 2.57. The number of hydrogen-bond acceptors (Lipinski definition) is 4. The molecule has 0 spiro atoms. The van der Waals surface area contributed by atoms with Crippen molar-refractivity contribution in [1.82, 2.24) is 10.2 Å². The molecule has 0 aliphatic heterocycles. The van der Waals surface area contributed by atoms with E-state index in [0.29, 0.717) is 17.9 Å². The van der Waals surface area contributed by atoms with Crippen LogP contribution in [0.2, 0.25) is 0 Å². The van der Waals surface area contributed by atoms with Crippen LogP contribution < -0.4 is 10.1 Å². The molecular weight excluding hydrogens is 316 g/mol. The summed E-state index contributed by atoms with van der Waals surface area (Å²) in [4.78, 5) is 14.6. The first kappa shape index (κ1) is 17.0. The van der Waals surface area contributed by atoms with Gasteiger partial charge in [0, 0.05) is 24.0 Å². The number of nitrogens with one attached hydrogen (secondary N) is 1. The molecule has 0 saturated heterocycles. The standard InChI is InChI=1S/C20H22N2O3/c1-22(2)13-12-21-20(23)19-17(14-24-15-8-4-3-5-9-15)16-10-6-7-11-18(16)25-19/h3-11H,12-14H2,1-2H3,(H,21,23). The molecule has 5 nitrogen and oxygen atoms in total. The minimum Gasteiger partial charge on any atom is -0.489 e. The molecule has 0 aliphatic carbocycles. The lowest BCUT2D eigenvalue weighted by Gasteiger charge is -2.10. The molecule has 130 valence electrons. The molecule has 2 aromatic carbocycles. The van der Waals surface area contributed by atoms with E-state index in [9.17, 15) is 4.79 Å². The molecule has 3 aromatic rings. The van der Waals surface area contributed by atoms with Crippen LogP contribution in [0.5, 0.6) is 5.75 Å². The molecule has 5 heteroatoms. The van der Waals surface area contributed by atoms with Gasteiger partial charge in [0.15, 0.2) is 5.76 Å². The Morgan fingerprint density at radius 1 is 1.08 bits per heavy atom. The number of ether oxygens (including phenoxy) is 1. The first-order chi connectivity index (χ1) is 12.1. The Bertz CT molecular complexity index is 841. The van der Waals surface area contributed by atoms with Gasteiger partial charge in [-0.05, 0) is 32.3 Å². The molecule has 0 saturated carbocycles. The average Bonchev–Trinajstić information content (AvgIpc) is 2.99. The van der Waals surface area contributed by atoms with Crippen molar-refractivity contribution in [1.29, 1.82) is 0 Å². The minimum absolute atomic E-state index is 0.218. The van der Waals surface area contributed by atoms with E-state index in [2.05, 4.69) is 5.32 Å². The molecule has 0 bridgehead atoms. The number of para-hydroxylation sites is 2. The number of carbonyl (C=O) groups excluding carboxylic acids is 1. The highest BCUT2D eigenvalue weighted by Crippen LogP contribution is 2.27. The van der Waals surface area contributed by atoms with E-state index in [-0.39, 0.29) is 12.5 Å². The predicted octanol–water partition coefficient (Wildman–Crippen LogP) is 3.30. The van der Waals surface area contributed by atoms with Crippen LogP contribution in [0.25, 0.3) is 11.0 Å². The van der Waals surface area contributed by atoms with Crippen molar-refractivity contribution < 1.29 is 13.9 Å². The number of rotatable bonds is 7. The molecule has 1 N–H and O–H groups in total. The van der Waals surface area contributed by atoms with Crippen molar-refractivity contribution in [2.24, 2.45) is 0 Å². The Hall–Kier alpha value is -2.79. The Kier molecular flexibility index (Phi) is 5.36. The summed E-state index contributed by atoms with van der Waals surface area (Å²) in [5, 5.41) is 3.80. The fraction of sp³-hybridized carbons (Fsp3) is 0.250. The van der Waals surface area contributed by atoms with Crippen LogP contribution in [-0.2, 0) is 6.61 Å². The normalized spacial score (nSPS) is 11.0. The van der Waals surface area contributed by atoms with Gasteiger partial charge in [-0.15, -0.1) is 0 Å². The van der Waals surface area contributed by atoms with Crippen LogP contribution in [0.15, 0.2) is 59.0 Å². The number of benzene rings is 2. The topological polar surface area (TPSA) is 54.7 Å². The van der Waals surface area contributed by atoms with Gasteiger partial charge in [-0.1, -0.05) is 36.4 Å². The summed E-state index contributed by atoms with van der Waals surface area (Å²) >= 11 is 0. The number of hydrogen-bond donors (Lipinski definition) is 1. The SMILES string of the molecule is CN(C)CCNC(=O)c1oc2ccccc2c1COc1ccccc1. The lowest BCUT2D eigenvalue weighted by Crippen LogP contribution is -2.31. The van der Waals surface area contributed by atoms with Crippen molar-refractivity contribution in [3.63, 3.8) is 0 Å². The van der Waals surface area contributed by atoms with Gasteiger partial charge in [-0.25, -0.2) is 0 Å². The Balaban J connectivity index is 1.82. The summed E-state index contributed by atoms with van der Waals surface area (Å²) in [5.41, 5.74) is 1.45. The number of likely N-dealkylation sites (N-methyl/N-ethyl adjacent to an activating group) is 1. The van der Waals surface area contributed by atoms with Crippen LogP contribution in [0, 0.1) is 0 Å². The molecule has 0 aliphatic rings. The van der Waals surface area contributed by atoms with Crippen molar-refractivity contribution in [2.45, 2.75) is 6.61 Å². The monoisotopic (exact) mass is 338 g/mol. The largest absolute Gasteiger partial charge is 0.489 e. The second-order valence-corrected chi connectivity index (χ2v) is 6.07. The first-order valence-corrected chi connectivity index (χ1v) is 8.26. The van der Waals surface area contributed by atoms with Gasteiger partial charge in [0.1, 0.15) is 17.9 Å². The second-order valence-electron chi connectivity index (χ2n) is 6.07. The minimum atomic E-state index is -0.218. The van der Waals surface area contributed by atoms with Crippen LogP contribution in [0.4, 0.5) is 0 Å². The smallest absolute Gasteiger partial charge is 0.287 e. The van der Waals surface area contributed by atoms with Gasteiger partial charge in [-0.2, -0.15) is 0 Å². The van der Waals surface area contributed by atoms with Crippen molar-refractivity contribution in [3.05, 3.63) is 65.9 Å². The molecule has 0 unspecified atom stereocenters. The second kappa shape index (κ2) is 7.85. The maximum atomic E-state index is 12.5. The quantitative estimate of drug-likeness (QED) is 0.718. The zero-order valence-corrected chi connectivity index (χ0v) is 14.5. The molecule has 0 radical (unpaired) electrons. The van der Waals surface area contributed by atoms with Gasteiger partial charge in [0.05, 0.1) is 0 Å². The summed E-state index contributed by atoms with van der Waals surface area (Å²) in [6, 6.07) is 17.2. The fourth-order valence-corrected chi connectivity index (χ4v) is 2.57. The highest BCUT2D eigenvalue weighted by molar-refractivity contribution is 5.99. The van der Waals surface area contributed by atoms with Gasteiger partial charge in [-0.3, -0.25) is 4.79 Å². The van der Waals surface area contributed by atoms with E-state index in [1.165, 1.54) is 0 Å².